The summed E-state index contributed by atoms with van der Waals surface area (Å²) in [4.78, 5) is 16.2. The minimum atomic E-state index is -3.76. The Morgan fingerprint density at radius 3 is 2.54 bits per heavy atom. The molecule has 0 atom stereocenters. The van der Waals surface area contributed by atoms with Gasteiger partial charge in [0.05, 0.1) is 11.4 Å². The Hall–Kier alpha value is -2.46. The molecule has 140 valence electrons. The summed E-state index contributed by atoms with van der Waals surface area (Å²) in [6.45, 7) is 0.112. The van der Waals surface area contributed by atoms with Crippen molar-refractivity contribution in [3.05, 3.63) is 36.0 Å². The lowest BCUT2D eigenvalue weighted by Crippen LogP contribution is -2.28. The summed E-state index contributed by atoms with van der Waals surface area (Å²) in [6.07, 6.45) is 5.75. The Morgan fingerprint density at radius 1 is 1.19 bits per heavy atom. The minimum Gasteiger partial charge on any atom is -0.337 e. The summed E-state index contributed by atoms with van der Waals surface area (Å²) in [5.74, 6) is 1.40. The Bertz CT molecular complexity index is 857. The molecular formula is C16H21N5O4S. The van der Waals surface area contributed by atoms with E-state index in [1.807, 2.05) is 0 Å². The number of rotatable bonds is 5. The molecule has 1 heterocycles. The molecule has 0 aliphatic heterocycles. The second-order valence-electron chi connectivity index (χ2n) is 6.26. The molecule has 1 aliphatic carbocycles. The van der Waals surface area contributed by atoms with E-state index in [-0.39, 0.29) is 11.4 Å². The zero-order valence-electron chi connectivity index (χ0n) is 14.1. The Labute approximate surface area is 151 Å². The van der Waals surface area contributed by atoms with Crippen molar-refractivity contribution in [2.45, 2.75) is 49.5 Å². The lowest BCUT2D eigenvalue weighted by atomic mass is 9.89. The van der Waals surface area contributed by atoms with Crippen molar-refractivity contribution in [3.63, 3.8) is 0 Å². The fourth-order valence-corrected chi connectivity index (χ4v) is 3.44. The second-order valence-corrected chi connectivity index (χ2v) is 7.82. The van der Waals surface area contributed by atoms with Crippen LogP contribution in [0.4, 0.5) is 10.5 Å². The van der Waals surface area contributed by atoms with Crippen molar-refractivity contribution >= 4 is 21.7 Å². The first-order valence-electron chi connectivity index (χ1n) is 8.42. The monoisotopic (exact) mass is 379 g/mol. The van der Waals surface area contributed by atoms with Crippen molar-refractivity contribution < 1.29 is 17.7 Å². The number of carbonyl (C=O) groups excluding carboxylic acids is 1. The fourth-order valence-electron chi connectivity index (χ4n) is 2.93. The van der Waals surface area contributed by atoms with Gasteiger partial charge in [-0.1, -0.05) is 24.4 Å². The maximum Gasteiger partial charge on any atom is 0.319 e. The van der Waals surface area contributed by atoms with E-state index in [0.29, 0.717) is 23.3 Å². The maximum absolute atomic E-state index is 11.9. The zero-order valence-corrected chi connectivity index (χ0v) is 15.0. The molecule has 2 amide bonds. The van der Waals surface area contributed by atoms with Crippen molar-refractivity contribution in [1.82, 2.24) is 15.5 Å². The van der Waals surface area contributed by atoms with Gasteiger partial charge < -0.3 is 15.2 Å². The standard InChI is InChI=1S/C16H21N5O4S/c17-26(23,24)13-8-6-12(7-9-13)19-16(22)18-10-14-20-15(21-25-14)11-4-2-1-3-5-11/h6-9,11H,1-5,10H2,(H2,17,23,24)(H2,18,19,22). The molecule has 26 heavy (non-hydrogen) atoms. The van der Waals surface area contributed by atoms with Crippen LogP contribution in [0.15, 0.2) is 33.7 Å². The molecule has 0 saturated heterocycles. The van der Waals surface area contributed by atoms with E-state index in [9.17, 15) is 13.2 Å². The van der Waals surface area contributed by atoms with Crippen LogP contribution in [0.2, 0.25) is 0 Å². The molecule has 4 N–H and O–H groups in total. The van der Waals surface area contributed by atoms with Gasteiger partial charge in [0.25, 0.3) is 0 Å². The van der Waals surface area contributed by atoms with E-state index >= 15 is 0 Å². The quantitative estimate of drug-likeness (QED) is 0.726. The number of nitrogens with two attached hydrogens (primary N) is 1. The largest absolute Gasteiger partial charge is 0.337 e. The molecule has 1 saturated carbocycles. The van der Waals surface area contributed by atoms with Gasteiger partial charge in [-0.25, -0.2) is 18.4 Å². The van der Waals surface area contributed by atoms with Gasteiger partial charge in [0, 0.05) is 11.6 Å². The lowest BCUT2D eigenvalue weighted by molar-refractivity contribution is 0.249. The van der Waals surface area contributed by atoms with E-state index < -0.39 is 16.1 Å². The second kappa shape index (κ2) is 7.83. The predicted octanol–water partition coefficient (Wildman–Crippen LogP) is 2.09. The summed E-state index contributed by atoms with van der Waals surface area (Å²) in [5.41, 5.74) is 0.434. The molecule has 9 nitrogen and oxygen atoms in total. The van der Waals surface area contributed by atoms with Crippen LogP contribution in [0.5, 0.6) is 0 Å². The van der Waals surface area contributed by atoms with Crippen molar-refractivity contribution in [1.29, 1.82) is 0 Å². The number of anilines is 1. The highest BCUT2D eigenvalue weighted by atomic mass is 32.2. The SMILES string of the molecule is NS(=O)(=O)c1ccc(NC(=O)NCc2nc(C3CCCCC3)no2)cc1. The molecule has 1 fully saturated rings. The normalized spacial score (nSPS) is 15.6. The highest BCUT2D eigenvalue weighted by Gasteiger charge is 2.21. The third-order valence-corrected chi connectivity index (χ3v) is 5.22. The van der Waals surface area contributed by atoms with Gasteiger partial charge in [-0.3, -0.25) is 0 Å². The number of primary sulfonamides is 1. The number of amides is 2. The summed E-state index contributed by atoms with van der Waals surface area (Å²) >= 11 is 0. The highest BCUT2D eigenvalue weighted by Crippen LogP contribution is 2.30. The van der Waals surface area contributed by atoms with Gasteiger partial charge in [0.1, 0.15) is 0 Å². The number of benzene rings is 1. The fraction of sp³-hybridized carbons (Fsp3) is 0.438. The molecular weight excluding hydrogens is 358 g/mol. The predicted molar refractivity (Wildman–Crippen MR) is 93.8 cm³/mol. The molecule has 0 unspecified atom stereocenters. The summed E-state index contributed by atoms with van der Waals surface area (Å²) < 4.78 is 27.6. The minimum absolute atomic E-state index is 0.0236. The smallest absolute Gasteiger partial charge is 0.319 e. The molecule has 1 aromatic heterocycles. The molecule has 10 heteroatoms. The molecule has 2 aromatic rings. The van der Waals surface area contributed by atoms with E-state index in [4.69, 9.17) is 9.66 Å². The summed E-state index contributed by atoms with van der Waals surface area (Å²) in [7, 11) is -3.76. The third kappa shape index (κ3) is 4.79. The van der Waals surface area contributed by atoms with Gasteiger partial charge in [-0.15, -0.1) is 0 Å². The number of hydrogen-bond donors (Lipinski definition) is 3. The van der Waals surface area contributed by atoms with Gasteiger partial charge in [0.2, 0.25) is 15.9 Å². The van der Waals surface area contributed by atoms with Crippen LogP contribution in [-0.2, 0) is 16.6 Å². The van der Waals surface area contributed by atoms with Gasteiger partial charge >= 0.3 is 6.03 Å². The van der Waals surface area contributed by atoms with Crippen molar-refractivity contribution in [2.24, 2.45) is 5.14 Å². The van der Waals surface area contributed by atoms with Crippen LogP contribution in [0, 0.1) is 0 Å². The number of aromatic nitrogens is 2. The van der Waals surface area contributed by atoms with Crippen LogP contribution in [0.25, 0.3) is 0 Å². The molecule has 1 aromatic carbocycles. The lowest BCUT2D eigenvalue weighted by Gasteiger charge is -2.17. The van der Waals surface area contributed by atoms with E-state index in [1.165, 1.54) is 43.5 Å². The van der Waals surface area contributed by atoms with Gasteiger partial charge in [0.15, 0.2) is 5.82 Å². The van der Waals surface area contributed by atoms with Crippen LogP contribution in [0.1, 0.15) is 49.7 Å². The Morgan fingerprint density at radius 2 is 1.88 bits per heavy atom. The number of carbonyl (C=O) groups is 1. The topological polar surface area (TPSA) is 140 Å². The van der Waals surface area contributed by atoms with Crippen LogP contribution in [0.3, 0.4) is 0 Å². The molecule has 3 rings (SSSR count). The van der Waals surface area contributed by atoms with E-state index in [1.54, 1.807) is 0 Å². The number of nitrogens with zero attached hydrogens (tertiary/aromatic N) is 2. The Kier molecular flexibility index (Phi) is 5.52. The first-order chi connectivity index (χ1) is 12.4. The number of sulfonamides is 1. The third-order valence-electron chi connectivity index (χ3n) is 4.30. The van der Waals surface area contributed by atoms with E-state index in [2.05, 4.69) is 20.8 Å². The molecule has 0 spiro atoms. The maximum atomic E-state index is 11.9. The number of hydrogen-bond acceptors (Lipinski definition) is 6. The highest BCUT2D eigenvalue weighted by molar-refractivity contribution is 7.89. The summed E-state index contributed by atoms with van der Waals surface area (Å²) in [6, 6.07) is 5.07. The molecule has 0 bridgehead atoms. The van der Waals surface area contributed by atoms with Gasteiger partial charge in [-0.2, -0.15) is 4.98 Å². The first-order valence-corrected chi connectivity index (χ1v) is 9.96. The first kappa shape index (κ1) is 18.3. The van der Waals surface area contributed by atoms with Crippen LogP contribution in [-0.4, -0.2) is 24.6 Å². The van der Waals surface area contributed by atoms with Gasteiger partial charge in [-0.05, 0) is 37.1 Å². The summed E-state index contributed by atoms with van der Waals surface area (Å²) in [5, 5.41) is 14.2. The Balaban J connectivity index is 1.50. The van der Waals surface area contributed by atoms with Crippen LogP contribution < -0.4 is 15.8 Å². The zero-order chi connectivity index (χ0) is 18.6. The molecule has 1 aliphatic rings. The van der Waals surface area contributed by atoms with Crippen molar-refractivity contribution in [2.75, 3.05) is 5.32 Å². The number of nitrogens with one attached hydrogen (secondary N) is 2. The average Bonchev–Trinajstić information content (AvgIpc) is 3.09. The molecule has 0 radical (unpaired) electrons. The van der Waals surface area contributed by atoms with E-state index in [0.717, 1.165) is 12.8 Å². The van der Waals surface area contributed by atoms with Crippen molar-refractivity contribution in [3.8, 4) is 0 Å². The van der Waals surface area contributed by atoms with Crippen LogP contribution >= 0.6 is 0 Å². The average molecular weight is 379 g/mol. The number of urea groups is 1.